The Bertz CT molecular complexity index is 1050. The molecule has 0 aliphatic heterocycles. The van der Waals surface area contributed by atoms with Crippen molar-refractivity contribution in [2.24, 2.45) is 0 Å². The summed E-state index contributed by atoms with van der Waals surface area (Å²) in [7, 11) is 1.67. The van der Waals surface area contributed by atoms with Gasteiger partial charge >= 0.3 is 5.16 Å². The number of rotatable bonds is 9. The van der Waals surface area contributed by atoms with E-state index in [0.29, 0.717) is 30.0 Å². The fourth-order valence-corrected chi connectivity index (χ4v) is 5.15. The lowest BCUT2D eigenvalue weighted by molar-refractivity contribution is 0.189. The van der Waals surface area contributed by atoms with Gasteiger partial charge in [0.05, 0.1) is 5.69 Å². The maximum atomic E-state index is 13.6. The van der Waals surface area contributed by atoms with E-state index >= 15 is 0 Å². The van der Waals surface area contributed by atoms with Gasteiger partial charge in [-0.3, -0.25) is 4.57 Å². The fourth-order valence-electron chi connectivity index (χ4n) is 4.44. The van der Waals surface area contributed by atoms with Gasteiger partial charge in [0, 0.05) is 54.8 Å². The zero-order valence-corrected chi connectivity index (χ0v) is 20.0. The van der Waals surface area contributed by atoms with Crippen LogP contribution in [0.15, 0.2) is 47.8 Å². The first kappa shape index (κ1) is 23.7. The van der Waals surface area contributed by atoms with Crippen LogP contribution >= 0.6 is 0 Å². The number of pyridine rings is 1. The molecule has 33 heavy (non-hydrogen) atoms. The Hall–Kier alpha value is -2.42. The maximum Gasteiger partial charge on any atom is 0.324 e. The molecule has 0 spiro atoms. The zero-order chi connectivity index (χ0) is 23.2. The Morgan fingerprint density at radius 3 is 2.61 bits per heavy atom. The van der Waals surface area contributed by atoms with Crippen molar-refractivity contribution in [2.75, 3.05) is 25.3 Å². The highest BCUT2D eigenvalue weighted by atomic mass is 32.2. The Morgan fingerprint density at radius 2 is 1.91 bits per heavy atom. The summed E-state index contributed by atoms with van der Waals surface area (Å²) < 4.78 is 33.5. The van der Waals surface area contributed by atoms with Crippen LogP contribution in [-0.4, -0.2) is 45.1 Å². The number of nitrogens with zero attached hydrogens (tertiary/aromatic N) is 3. The Labute approximate surface area is 197 Å². The molecule has 1 aromatic carbocycles. The number of hydrogen-bond acceptors (Lipinski definition) is 5. The molecule has 0 bridgehead atoms. The normalized spacial score (nSPS) is 15.5. The van der Waals surface area contributed by atoms with Gasteiger partial charge in [-0.1, -0.05) is 19.3 Å². The van der Waals surface area contributed by atoms with Crippen molar-refractivity contribution in [3.8, 4) is 22.5 Å². The first-order chi connectivity index (χ1) is 16.1. The van der Waals surface area contributed by atoms with Gasteiger partial charge in [0.15, 0.2) is 0 Å². The van der Waals surface area contributed by atoms with E-state index in [9.17, 15) is 8.94 Å². The topological polar surface area (TPSA) is 75.0 Å². The van der Waals surface area contributed by atoms with Crippen LogP contribution in [0.2, 0.25) is 0 Å². The smallest absolute Gasteiger partial charge is 0.324 e. The molecule has 1 aliphatic rings. The number of benzene rings is 1. The molecular weight excluding hydrogens is 439 g/mol. The van der Waals surface area contributed by atoms with Gasteiger partial charge in [-0.05, 0) is 55.7 Å². The number of halogens is 1. The van der Waals surface area contributed by atoms with Crippen molar-refractivity contribution in [3.05, 3.63) is 48.4 Å². The third kappa shape index (κ3) is 5.75. The van der Waals surface area contributed by atoms with E-state index in [1.807, 2.05) is 16.7 Å². The number of hydrogen-bond donors (Lipinski definition) is 1. The van der Waals surface area contributed by atoms with Gasteiger partial charge in [-0.15, -0.1) is 0 Å². The van der Waals surface area contributed by atoms with E-state index in [2.05, 4.69) is 10.3 Å². The third-order valence-corrected chi connectivity index (χ3v) is 6.85. The summed E-state index contributed by atoms with van der Waals surface area (Å²) in [5, 5.41) is 4.09. The van der Waals surface area contributed by atoms with E-state index in [4.69, 9.17) is 9.72 Å². The molecule has 6 nitrogen and oxygen atoms in total. The molecule has 0 saturated heterocycles. The molecule has 4 rings (SSSR count). The van der Waals surface area contributed by atoms with Crippen molar-refractivity contribution in [2.45, 2.75) is 56.3 Å². The van der Waals surface area contributed by atoms with Crippen molar-refractivity contribution in [3.63, 3.8) is 0 Å². The highest BCUT2D eigenvalue weighted by molar-refractivity contribution is 7.90. The van der Waals surface area contributed by atoms with Crippen molar-refractivity contribution < 1.29 is 13.7 Å². The highest BCUT2D eigenvalue weighted by Crippen LogP contribution is 2.35. The van der Waals surface area contributed by atoms with Gasteiger partial charge in [0.25, 0.3) is 0 Å². The largest absolute Gasteiger partial charge is 0.609 e. The average molecular weight is 471 g/mol. The Kier molecular flexibility index (Phi) is 8.01. The highest BCUT2D eigenvalue weighted by Gasteiger charge is 2.26. The quantitative estimate of drug-likeness (QED) is 0.341. The van der Waals surface area contributed by atoms with E-state index in [1.54, 1.807) is 31.7 Å². The van der Waals surface area contributed by atoms with Crippen molar-refractivity contribution in [1.82, 2.24) is 14.5 Å². The summed E-state index contributed by atoms with van der Waals surface area (Å²) in [4.78, 5) is 9.32. The predicted molar refractivity (Wildman–Crippen MR) is 130 cm³/mol. The first-order valence-corrected chi connectivity index (χ1v) is 13.0. The number of methoxy groups -OCH3 is 1. The number of imidazole rings is 1. The maximum absolute atomic E-state index is 13.6. The lowest BCUT2D eigenvalue weighted by atomic mass is 9.95. The number of aromatic nitrogens is 3. The zero-order valence-electron chi connectivity index (χ0n) is 19.2. The molecule has 1 unspecified atom stereocenters. The molecule has 2 aromatic heterocycles. The summed E-state index contributed by atoms with van der Waals surface area (Å²) in [5.41, 5.74) is 3.26. The monoisotopic (exact) mass is 470 g/mol. The van der Waals surface area contributed by atoms with Crippen molar-refractivity contribution in [1.29, 1.82) is 0 Å². The predicted octanol–water partition coefficient (Wildman–Crippen LogP) is 5.27. The SMILES string of the molecule is COCCCn1c([S+](C)[O-])nc(-c2ccc(F)cc2)c1-c1ccnc(NC2CCCCC2)c1. The molecule has 1 fully saturated rings. The van der Waals surface area contributed by atoms with Gasteiger partial charge in [-0.25, -0.2) is 9.37 Å². The number of anilines is 1. The van der Waals surface area contributed by atoms with E-state index < -0.39 is 11.2 Å². The van der Waals surface area contributed by atoms with Crippen LogP contribution in [0.5, 0.6) is 0 Å². The first-order valence-electron chi connectivity index (χ1n) is 11.5. The van der Waals surface area contributed by atoms with Gasteiger partial charge < -0.3 is 14.6 Å². The van der Waals surface area contributed by atoms with Crippen LogP contribution in [0.1, 0.15) is 38.5 Å². The summed E-state index contributed by atoms with van der Waals surface area (Å²) in [6, 6.07) is 10.7. The van der Waals surface area contributed by atoms with Gasteiger partial charge in [0.2, 0.25) is 0 Å². The molecule has 1 N–H and O–H groups in total. The minimum Gasteiger partial charge on any atom is -0.609 e. The molecule has 1 saturated carbocycles. The number of ether oxygens (including phenoxy) is 1. The lowest BCUT2D eigenvalue weighted by Gasteiger charge is -2.23. The summed E-state index contributed by atoms with van der Waals surface area (Å²) in [6.07, 6.45) is 10.3. The summed E-state index contributed by atoms with van der Waals surface area (Å²) >= 11 is -1.29. The molecule has 0 amide bonds. The molecular formula is C25H31FN4O2S. The van der Waals surface area contributed by atoms with E-state index in [-0.39, 0.29) is 5.82 Å². The Balaban J connectivity index is 1.78. The van der Waals surface area contributed by atoms with Crippen LogP contribution < -0.4 is 5.32 Å². The molecule has 0 radical (unpaired) electrons. The second-order valence-corrected chi connectivity index (χ2v) is 9.73. The van der Waals surface area contributed by atoms with Crippen molar-refractivity contribution >= 4 is 17.0 Å². The Morgan fingerprint density at radius 1 is 1.15 bits per heavy atom. The molecule has 176 valence electrons. The van der Waals surface area contributed by atoms with Crippen LogP contribution in [0.3, 0.4) is 0 Å². The molecule has 8 heteroatoms. The molecule has 3 aromatic rings. The summed E-state index contributed by atoms with van der Waals surface area (Å²) in [5.74, 6) is 0.523. The van der Waals surface area contributed by atoms with E-state index in [0.717, 1.165) is 41.9 Å². The second-order valence-electron chi connectivity index (χ2n) is 8.46. The lowest BCUT2D eigenvalue weighted by Crippen LogP contribution is -2.22. The molecule has 2 heterocycles. The minimum atomic E-state index is -1.29. The van der Waals surface area contributed by atoms with Crippen LogP contribution in [0, 0.1) is 5.82 Å². The number of nitrogens with one attached hydrogen (secondary N) is 1. The second kappa shape index (κ2) is 11.1. The third-order valence-electron chi connectivity index (χ3n) is 6.03. The van der Waals surface area contributed by atoms with Crippen LogP contribution in [0.4, 0.5) is 10.2 Å². The molecule has 1 atom stereocenters. The van der Waals surface area contributed by atoms with Crippen LogP contribution in [-0.2, 0) is 22.5 Å². The minimum absolute atomic E-state index is 0.304. The van der Waals surface area contributed by atoms with Gasteiger partial charge in [-0.2, -0.15) is 4.98 Å². The standard InChI is InChI=1S/C25H31FN4O2S/c1-32-16-6-15-30-24(19-13-14-27-22(17-19)28-21-7-4-3-5-8-21)23(29-25(30)33(2)31)18-9-11-20(26)12-10-18/h9-14,17,21H,3-8,15-16H2,1-2H3,(H,27,28). The van der Waals surface area contributed by atoms with Crippen LogP contribution in [0.25, 0.3) is 22.5 Å². The van der Waals surface area contributed by atoms with Gasteiger partial charge in [0.1, 0.15) is 23.6 Å². The molecule has 1 aliphatic carbocycles. The fraction of sp³-hybridized carbons (Fsp3) is 0.440. The average Bonchev–Trinajstić information content (AvgIpc) is 3.20. The summed E-state index contributed by atoms with van der Waals surface area (Å²) in [6.45, 7) is 1.20. The van der Waals surface area contributed by atoms with E-state index in [1.165, 1.54) is 31.4 Å².